The number of phenols is 1. The molecule has 1 amide bonds. The van der Waals surface area contributed by atoms with Gasteiger partial charge >= 0.3 is 5.97 Å². The first-order valence-electron chi connectivity index (χ1n) is 6.19. The van der Waals surface area contributed by atoms with E-state index in [1.807, 2.05) is 6.92 Å². The van der Waals surface area contributed by atoms with Crippen molar-refractivity contribution < 1.29 is 19.8 Å². The van der Waals surface area contributed by atoms with Crippen LogP contribution in [0, 0.1) is 0 Å². The number of hydrogen-bond acceptors (Lipinski definition) is 3. The van der Waals surface area contributed by atoms with Gasteiger partial charge in [-0.25, -0.2) is 4.79 Å². The molecule has 0 radical (unpaired) electrons. The monoisotopic (exact) mass is 263 g/mol. The van der Waals surface area contributed by atoms with Crippen molar-refractivity contribution in [2.75, 3.05) is 6.54 Å². The first-order chi connectivity index (χ1) is 8.86. The molecule has 1 aliphatic heterocycles. The van der Waals surface area contributed by atoms with Crippen LogP contribution in [0.1, 0.15) is 25.8 Å². The highest BCUT2D eigenvalue weighted by Crippen LogP contribution is 2.36. The number of carboxylic acid groups (broad SMARTS) is 1. The van der Waals surface area contributed by atoms with Crippen molar-refractivity contribution in [1.82, 2.24) is 4.90 Å². The third-order valence-corrected chi connectivity index (χ3v) is 3.91. The average Bonchev–Trinajstić information content (AvgIpc) is 2.67. The van der Waals surface area contributed by atoms with Crippen LogP contribution in [0.4, 0.5) is 0 Å². The zero-order valence-corrected chi connectivity index (χ0v) is 11.0. The van der Waals surface area contributed by atoms with Gasteiger partial charge < -0.3 is 15.1 Å². The summed E-state index contributed by atoms with van der Waals surface area (Å²) in [7, 11) is 0. The number of amides is 1. The van der Waals surface area contributed by atoms with Gasteiger partial charge in [0.2, 0.25) is 5.91 Å². The molecule has 0 bridgehead atoms. The molecular formula is C14H17NO4. The lowest BCUT2D eigenvalue weighted by atomic mass is 9.81. The summed E-state index contributed by atoms with van der Waals surface area (Å²) in [5, 5.41) is 18.3. The molecule has 0 aliphatic carbocycles. The molecule has 1 aliphatic rings. The van der Waals surface area contributed by atoms with Crippen LogP contribution in [0.5, 0.6) is 5.75 Å². The Bertz CT molecular complexity index is 511. The second-order valence-corrected chi connectivity index (χ2v) is 5.14. The van der Waals surface area contributed by atoms with Crippen molar-refractivity contribution in [1.29, 1.82) is 0 Å². The Kier molecular flexibility index (Phi) is 3.22. The molecule has 2 N–H and O–H groups in total. The van der Waals surface area contributed by atoms with Crippen LogP contribution in [0.25, 0.3) is 0 Å². The van der Waals surface area contributed by atoms with Crippen molar-refractivity contribution in [3.63, 3.8) is 0 Å². The van der Waals surface area contributed by atoms with Crippen molar-refractivity contribution in [3.8, 4) is 5.75 Å². The zero-order chi connectivity index (χ0) is 14.2. The van der Waals surface area contributed by atoms with Crippen LogP contribution in [0.3, 0.4) is 0 Å². The smallest absolute Gasteiger partial charge is 0.326 e. The Labute approximate surface area is 111 Å². The summed E-state index contributed by atoms with van der Waals surface area (Å²) in [4.78, 5) is 24.9. The number of rotatable bonds is 3. The first kappa shape index (κ1) is 13.4. The molecule has 102 valence electrons. The maximum Gasteiger partial charge on any atom is 0.326 e. The zero-order valence-electron chi connectivity index (χ0n) is 11.0. The molecule has 2 rings (SSSR count). The van der Waals surface area contributed by atoms with Crippen molar-refractivity contribution in [2.45, 2.75) is 31.7 Å². The molecule has 1 saturated heterocycles. The van der Waals surface area contributed by atoms with Gasteiger partial charge in [0.15, 0.2) is 0 Å². The second kappa shape index (κ2) is 4.57. The van der Waals surface area contributed by atoms with Gasteiger partial charge in [-0.2, -0.15) is 0 Å². The molecule has 0 aromatic heterocycles. The number of carbonyl (C=O) groups is 2. The number of nitrogens with zero attached hydrogens (tertiary/aromatic N) is 1. The molecule has 1 aromatic carbocycles. The summed E-state index contributed by atoms with van der Waals surface area (Å²) in [6.45, 7) is 3.77. The fraction of sp³-hybridized carbons (Fsp3) is 0.429. The van der Waals surface area contributed by atoms with Crippen LogP contribution < -0.4 is 0 Å². The summed E-state index contributed by atoms with van der Waals surface area (Å²) in [5.41, 5.74) is 0.0904. The van der Waals surface area contributed by atoms with E-state index in [1.54, 1.807) is 12.1 Å². The van der Waals surface area contributed by atoms with Gasteiger partial charge in [-0.1, -0.05) is 12.1 Å². The Morgan fingerprint density at radius 1 is 1.37 bits per heavy atom. The topological polar surface area (TPSA) is 77.8 Å². The minimum Gasteiger partial charge on any atom is -0.508 e. The highest BCUT2D eigenvalue weighted by molar-refractivity contribution is 5.93. The Hall–Kier alpha value is -2.04. The standard InChI is InChI=1S/C14H17NO4/c1-9(12(17)18)15-8-7-14(2,13(15)19)10-3-5-11(16)6-4-10/h3-6,9,16H,7-8H2,1-2H3,(H,17,18)/t9-,14?/m1/s1. The number of carboxylic acids is 1. The van der Waals surface area contributed by atoms with Gasteiger partial charge in [-0.05, 0) is 38.0 Å². The fourth-order valence-electron chi connectivity index (χ4n) is 2.47. The number of phenolic OH excluding ortho intramolecular Hbond substituents is 1. The predicted octanol–water partition coefficient (Wildman–Crippen LogP) is 1.36. The Balaban J connectivity index is 2.29. The fourth-order valence-corrected chi connectivity index (χ4v) is 2.47. The van der Waals surface area contributed by atoms with Crippen LogP contribution in [-0.4, -0.2) is 39.6 Å². The molecule has 5 heteroatoms. The van der Waals surface area contributed by atoms with Crippen LogP contribution >= 0.6 is 0 Å². The third-order valence-electron chi connectivity index (χ3n) is 3.91. The van der Waals surface area contributed by atoms with Crippen LogP contribution in [0.2, 0.25) is 0 Å². The molecule has 19 heavy (non-hydrogen) atoms. The summed E-state index contributed by atoms with van der Waals surface area (Å²) in [5.74, 6) is -1.02. The SMILES string of the molecule is C[C@H](C(=O)O)N1CCC(C)(c2ccc(O)cc2)C1=O. The number of aliphatic carboxylic acids is 1. The summed E-state index contributed by atoms with van der Waals surface area (Å²) in [6.07, 6.45) is 0.578. The van der Waals surface area contributed by atoms with Gasteiger partial charge in [0.25, 0.3) is 0 Å². The normalized spacial score (nSPS) is 24.5. The van der Waals surface area contributed by atoms with E-state index in [0.717, 1.165) is 5.56 Å². The van der Waals surface area contributed by atoms with Gasteiger partial charge in [0, 0.05) is 6.54 Å². The predicted molar refractivity (Wildman–Crippen MR) is 68.9 cm³/mol. The Morgan fingerprint density at radius 3 is 2.47 bits per heavy atom. The van der Waals surface area contributed by atoms with Gasteiger partial charge in [-0.15, -0.1) is 0 Å². The van der Waals surface area contributed by atoms with E-state index in [1.165, 1.54) is 24.0 Å². The maximum atomic E-state index is 12.5. The summed E-state index contributed by atoms with van der Waals surface area (Å²) >= 11 is 0. The molecule has 1 heterocycles. The molecule has 1 fully saturated rings. The molecule has 2 atom stereocenters. The summed E-state index contributed by atoms with van der Waals surface area (Å²) in [6, 6.07) is 5.69. The largest absolute Gasteiger partial charge is 0.508 e. The number of carbonyl (C=O) groups excluding carboxylic acids is 1. The number of benzene rings is 1. The van der Waals surface area contributed by atoms with E-state index in [0.29, 0.717) is 13.0 Å². The lowest BCUT2D eigenvalue weighted by Crippen LogP contribution is -2.44. The van der Waals surface area contributed by atoms with Gasteiger partial charge in [0.1, 0.15) is 11.8 Å². The maximum absolute atomic E-state index is 12.5. The van der Waals surface area contributed by atoms with E-state index in [-0.39, 0.29) is 11.7 Å². The quantitative estimate of drug-likeness (QED) is 0.863. The van der Waals surface area contributed by atoms with E-state index in [4.69, 9.17) is 5.11 Å². The highest BCUT2D eigenvalue weighted by atomic mass is 16.4. The molecule has 0 spiro atoms. The van der Waals surface area contributed by atoms with E-state index in [2.05, 4.69) is 0 Å². The molecule has 1 aromatic rings. The van der Waals surface area contributed by atoms with Crippen LogP contribution in [0.15, 0.2) is 24.3 Å². The minimum absolute atomic E-state index is 0.147. The highest BCUT2D eigenvalue weighted by Gasteiger charge is 2.46. The van der Waals surface area contributed by atoms with Crippen LogP contribution in [-0.2, 0) is 15.0 Å². The van der Waals surface area contributed by atoms with Crippen molar-refractivity contribution >= 4 is 11.9 Å². The first-order valence-corrected chi connectivity index (χ1v) is 6.19. The van der Waals surface area contributed by atoms with Gasteiger partial charge in [-0.3, -0.25) is 4.79 Å². The van der Waals surface area contributed by atoms with E-state index in [9.17, 15) is 14.7 Å². The molecule has 1 unspecified atom stereocenters. The van der Waals surface area contributed by atoms with Crippen molar-refractivity contribution in [2.24, 2.45) is 0 Å². The lowest BCUT2D eigenvalue weighted by Gasteiger charge is -2.26. The van der Waals surface area contributed by atoms with Crippen molar-refractivity contribution in [3.05, 3.63) is 29.8 Å². The summed E-state index contributed by atoms with van der Waals surface area (Å²) < 4.78 is 0. The lowest BCUT2D eigenvalue weighted by molar-refractivity contribution is -0.148. The molecule has 5 nitrogen and oxygen atoms in total. The number of likely N-dealkylation sites (tertiary alicyclic amines) is 1. The Morgan fingerprint density at radius 2 is 1.95 bits per heavy atom. The second-order valence-electron chi connectivity index (χ2n) is 5.14. The molecular weight excluding hydrogens is 246 g/mol. The van der Waals surface area contributed by atoms with E-state index < -0.39 is 17.4 Å². The minimum atomic E-state index is -0.997. The number of hydrogen-bond donors (Lipinski definition) is 2. The van der Waals surface area contributed by atoms with E-state index >= 15 is 0 Å². The third kappa shape index (κ3) is 2.16. The molecule has 0 saturated carbocycles. The number of aromatic hydroxyl groups is 1. The van der Waals surface area contributed by atoms with Gasteiger partial charge in [0.05, 0.1) is 5.41 Å². The average molecular weight is 263 g/mol.